The van der Waals surface area contributed by atoms with Crippen molar-refractivity contribution in [3.8, 4) is 5.75 Å². The lowest BCUT2D eigenvalue weighted by Crippen LogP contribution is -2.42. The van der Waals surface area contributed by atoms with E-state index in [0.29, 0.717) is 6.54 Å². The Hall–Kier alpha value is -3.59. The van der Waals surface area contributed by atoms with Crippen LogP contribution in [0.3, 0.4) is 0 Å². The molecule has 0 spiro atoms. The molecule has 0 bridgehead atoms. The number of carbonyl (C=O) groups excluding carboxylic acids is 1. The quantitative estimate of drug-likeness (QED) is 0.445. The molecule has 0 radical (unpaired) electrons. The van der Waals surface area contributed by atoms with E-state index in [9.17, 15) is 4.79 Å². The number of benzene rings is 3. The Balaban J connectivity index is 1.52. The smallest absolute Gasteiger partial charge is 0.251 e. The van der Waals surface area contributed by atoms with Crippen molar-refractivity contribution in [2.24, 2.45) is 0 Å². The summed E-state index contributed by atoms with van der Waals surface area (Å²) in [7, 11) is 1.68. The molecular weight excluding hydrogens is 418 g/mol. The topological polar surface area (TPSA) is 29.5 Å². The minimum atomic E-state index is 0.0790. The van der Waals surface area contributed by atoms with Gasteiger partial charge in [-0.15, -0.1) is 0 Å². The number of carbonyl (C=O) groups is 1. The zero-order valence-electron chi connectivity index (χ0n) is 19.9. The molecule has 0 saturated carbocycles. The normalized spacial score (nSPS) is 17.5. The number of nitrogens with zero attached hydrogens (tertiary/aromatic N) is 1. The Morgan fingerprint density at radius 2 is 1.65 bits per heavy atom. The number of ether oxygens (including phenoxy) is 1. The van der Waals surface area contributed by atoms with Gasteiger partial charge in [0.25, 0.3) is 5.91 Å². The Morgan fingerprint density at radius 3 is 2.35 bits per heavy atom. The Kier molecular flexibility index (Phi) is 6.35. The summed E-state index contributed by atoms with van der Waals surface area (Å²) >= 11 is 0. The first-order chi connectivity index (χ1) is 16.6. The number of rotatable bonds is 6. The zero-order chi connectivity index (χ0) is 23.5. The first-order valence-corrected chi connectivity index (χ1v) is 12.1. The second-order valence-corrected chi connectivity index (χ2v) is 9.31. The highest BCUT2D eigenvalue weighted by molar-refractivity contribution is 5.97. The summed E-state index contributed by atoms with van der Waals surface area (Å²) < 4.78 is 5.46. The SMILES string of the molecule is COc1cccc(CN(C(=O)C2=C(C)C=CCC2c2ccccc2)C2Cc3ccccc3C2)c1. The standard InChI is InChI=1S/C31H31NO2/c1-22-10-8-17-29(24-12-4-3-5-13-24)30(22)31(33)32(21-23-11-9-16-28(18-23)34-2)27-19-25-14-6-7-15-26(25)20-27/h3-16,18,27,29H,17,19-21H2,1-2H3. The van der Waals surface area contributed by atoms with Crippen molar-refractivity contribution >= 4 is 5.91 Å². The van der Waals surface area contributed by atoms with Gasteiger partial charge in [-0.3, -0.25) is 4.79 Å². The minimum absolute atomic E-state index is 0.0790. The first kappa shape index (κ1) is 22.2. The van der Waals surface area contributed by atoms with E-state index in [1.165, 1.54) is 16.7 Å². The lowest BCUT2D eigenvalue weighted by molar-refractivity contribution is -0.130. The summed E-state index contributed by atoms with van der Waals surface area (Å²) in [6.45, 7) is 2.64. The lowest BCUT2D eigenvalue weighted by Gasteiger charge is -2.34. The van der Waals surface area contributed by atoms with E-state index in [-0.39, 0.29) is 17.9 Å². The fraction of sp³-hybridized carbons (Fsp3) is 0.258. The number of amides is 1. The highest BCUT2D eigenvalue weighted by Gasteiger charge is 2.35. The van der Waals surface area contributed by atoms with Gasteiger partial charge in [0.15, 0.2) is 0 Å². The van der Waals surface area contributed by atoms with Crippen molar-refractivity contribution in [2.75, 3.05) is 7.11 Å². The Labute approximate surface area is 202 Å². The van der Waals surface area contributed by atoms with Gasteiger partial charge in [0.2, 0.25) is 0 Å². The maximum absolute atomic E-state index is 14.4. The Morgan fingerprint density at radius 1 is 0.941 bits per heavy atom. The van der Waals surface area contributed by atoms with Gasteiger partial charge in [-0.1, -0.05) is 78.9 Å². The van der Waals surface area contributed by atoms with Gasteiger partial charge < -0.3 is 9.64 Å². The van der Waals surface area contributed by atoms with E-state index in [4.69, 9.17) is 4.74 Å². The highest BCUT2D eigenvalue weighted by atomic mass is 16.5. The molecule has 0 heterocycles. The number of hydrogen-bond donors (Lipinski definition) is 0. The summed E-state index contributed by atoms with van der Waals surface area (Å²) in [5, 5.41) is 0. The van der Waals surface area contributed by atoms with Crippen molar-refractivity contribution in [3.63, 3.8) is 0 Å². The third kappa shape index (κ3) is 4.43. The van der Waals surface area contributed by atoms with Gasteiger partial charge in [-0.2, -0.15) is 0 Å². The molecule has 0 saturated heterocycles. The second kappa shape index (κ2) is 9.72. The van der Waals surface area contributed by atoms with Crippen LogP contribution < -0.4 is 4.74 Å². The molecule has 0 aromatic heterocycles. The summed E-state index contributed by atoms with van der Waals surface area (Å²) in [6.07, 6.45) is 6.94. The molecule has 0 N–H and O–H groups in total. The molecule has 1 amide bonds. The number of hydrogen-bond acceptors (Lipinski definition) is 2. The van der Waals surface area contributed by atoms with Gasteiger partial charge >= 0.3 is 0 Å². The van der Waals surface area contributed by atoms with E-state index in [1.807, 2.05) is 24.3 Å². The monoisotopic (exact) mass is 449 g/mol. The fourth-order valence-corrected chi connectivity index (χ4v) is 5.41. The zero-order valence-corrected chi connectivity index (χ0v) is 19.9. The molecule has 2 aliphatic carbocycles. The third-order valence-corrected chi connectivity index (χ3v) is 7.16. The van der Waals surface area contributed by atoms with Crippen LogP contribution in [-0.4, -0.2) is 24.0 Å². The molecule has 3 nitrogen and oxygen atoms in total. The summed E-state index contributed by atoms with van der Waals surface area (Å²) in [5.41, 5.74) is 6.98. The van der Waals surface area contributed by atoms with Crippen LogP contribution in [0.25, 0.3) is 0 Å². The predicted molar refractivity (Wildman–Crippen MR) is 137 cm³/mol. The lowest BCUT2D eigenvalue weighted by atomic mass is 9.81. The average molecular weight is 450 g/mol. The van der Waals surface area contributed by atoms with Crippen LogP contribution in [-0.2, 0) is 24.2 Å². The maximum Gasteiger partial charge on any atom is 0.251 e. The molecule has 3 aromatic carbocycles. The van der Waals surface area contributed by atoms with Crippen LogP contribution in [0.5, 0.6) is 5.75 Å². The molecule has 0 aliphatic heterocycles. The Bertz CT molecular complexity index is 1220. The van der Waals surface area contributed by atoms with Crippen LogP contribution in [0.2, 0.25) is 0 Å². The number of methoxy groups -OCH3 is 1. The van der Waals surface area contributed by atoms with Crippen LogP contribution in [0.4, 0.5) is 0 Å². The van der Waals surface area contributed by atoms with Crippen LogP contribution in [0.15, 0.2) is 102 Å². The minimum Gasteiger partial charge on any atom is -0.497 e. The van der Waals surface area contributed by atoms with Crippen molar-refractivity contribution in [3.05, 3.63) is 124 Å². The van der Waals surface area contributed by atoms with Gasteiger partial charge in [0.1, 0.15) is 5.75 Å². The fourth-order valence-electron chi connectivity index (χ4n) is 5.41. The van der Waals surface area contributed by atoms with E-state index in [2.05, 4.69) is 78.6 Å². The molecule has 1 atom stereocenters. The molecule has 3 heteroatoms. The third-order valence-electron chi connectivity index (χ3n) is 7.16. The van der Waals surface area contributed by atoms with E-state index < -0.39 is 0 Å². The molecule has 2 aliphatic rings. The summed E-state index contributed by atoms with van der Waals surface area (Å²) in [6, 6.07) is 27.2. The molecular formula is C31H31NO2. The van der Waals surface area contributed by atoms with Crippen molar-refractivity contribution < 1.29 is 9.53 Å². The van der Waals surface area contributed by atoms with Crippen LogP contribution in [0.1, 0.15) is 41.5 Å². The molecule has 5 rings (SSSR count). The number of fused-ring (bicyclic) bond motifs is 1. The van der Waals surface area contributed by atoms with Crippen LogP contribution >= 0.6 is 0 Å². The van der Waals surface area contributed by atoms with Gasteiger partial charge in [-0.25, -0.2) is 0 Å². The van der Waals surface area contributed by atoms with Crippen molar-refractivity contribution in [2.45, 2.75) is 44.7 Å². The van der Waals surface area contributed by atoms with E-state index in [1.54, 1.807) is 7.11 Å². The van der Waals surface area contributed by atoms with Gasteiger partial charge in [0.05, 0.1) is 7.11 Å². The van der Waals surface area contributed by atoms with E-state index in [0.717, 1.165) is 41.7 Å². The average Bonchev–Trinajstić information content (AvgIpc) is 3.31. The first-order valence-electron chi connectivity index (χ1n) is 12.1. The van der Waals surface area contributed by atoms with Crippen molar-refractivity contribution in [1.29, 1.82) is 0 Å². The highest BCUT2D eigenvalue weighted by Crippen LogP contribution is 2.37. The molecule has 172 valence electrons. The summed E-state index contributed by atoms with van der Waals surface area (Å²) in [5.74, 6) is 1.05. The largest absolute Gasteiger partial charge is 0.497 e. The maximum atomic E-state index is 14.4. The van der Waals surface area contributed by atoms with Crippen LogP contribution in [0, 0.1) is 0 Å². The molecule has 1 unspecified atom stereocenters. The molecule has 34 heavy (non-hydrogen) atoms. The predicted octanol–water partition coefficient (Wildman–Crippen LogP) is 6.25. The number of allylic oxidation sites excluding steroid dienone is 3. The van der Waals surface area contributed by atoms with Crippen molar-refractivity contribution in [1.82, 2.24) is 4.90 Å². The summed E-state index contributed by atoms with van der Waals surface area (Å²) in [4.78, 5) is 16.5. The van der Waals surface area contributed by atoms with Gasteiger partial charge in [-0.05, 0) is 66.1 Å². The van der Waals surface area contributed by atoms with E-state index >= 15 is 0 Å². The van der Waals surface area contributed by atoms with Gasteiger partial charge in [0, 0.05) is 24.1 Å². The second-order valence-electron chi connectivity index (χ2n) is 9.31. The molecule has 3 aromatic rings. The molecule has 0 fully saturated rings.